The number of hydrogen-bond acceptors (Lipinski definition) is 7. The summed E-state index contributed by atoms with van der Waals surface area (Å²) in [5.41, 5.74) is 10.9. The predicted octanol–water partition coefficient (Wildman–Crippen LogP) is 3.82. The summed E-state index contributed by atoms with van der Waals surface area (Å²) >= 11 is 1.29. The van der Waals surface area contributed by atoms with Gasteiger partial charge in [0.25, 0.3) is 5.91 Å². The van der Waals surface area contributed by atoms with Crippen molar-refractivity contribution in [2.75, 3.05) is 25.5 Å². The molecular formula is C27H32N6O2S. The molecule has 3 rings (SSSR count). The van der Waals surface area contributed by atoms with Crippen LogP contribution in [0.1, 0.15) is 40.9 Å². The van der Waals surface area contributed by atoms with Crippen LogP contribution in [0.3, 0.4) is 0 Å². The van der Waals surface area contributed by atoms with Crippen LogP contribution in [0.25, 0.3) is 11.3 Å². The zero-order valence-electron chi connectivity index (χ0n) is 20.9. The van der Waals surface area contributed by atoms with Gasteiger partial charge in [-0.2, -0.15) is 0 Å². The van der Waals surface area contributed by atoms with Crippen molar-refractivity contribution < 1.29 is 9.59 Å². The summed E-state index contributed by atoms with van der Waals surface area (Å²) in [5, 5.41) is 18.7. The maximum absolute atomic E-state index is 12.7. The van der Waals surface area contributed by atoms with Crippen LogP contribution in [0, 0.1) is 12.3 Å². The van der Waals surface area contributed by atoms with Crippen LogP contribution < -0.4 is 21.7 Å². The van der Waals surface area contributed by atoms with Crippen LogP contribution in [-0.2, 0) is 10.2 Å². The highest BCUT2D eigenvalue weighted by atomic mass is 32.1. The molecule has 2 amide bonds. The van der Waals surface area contributed by atoms with Gasteiger partial charge in [-0.05, 0) is 48.5 Å². The summed E-state index contributed by atoms with van der Waals surface area (Å²) in [6.07, 6.45) is 3.37. The van der Waals surface area contributed by atoms with Gasteiger partial charge in [0.05, 0.1) is 18.0 Å². The van der Waals surface area contributed by atoms with Crippen molar-refractivity contribution in [1.82, 2.24) is 15.6 Å². The topological polar surface area (TPSA) is 133 Å². The summed E-state index contributed by atoms with van der Waals surface area (Å²) in [6, 6.07) is 13.0. The summed E-state index contributed by atoms with van der Waals surface area (Å²) < 4.78 is 0. The number of hydrogen-bond donors (Lipinski definition) is 5. The zero-order chi connectivity index (χ0) is 26.3. The molecule has 0 saturated carbocycles. The first kappa shape index (κ1) is 26.8. The second-order valence-corrected chi connectivity index (χ2v) is 9.86. The van der Waals surface area contributed by atoms with E-state index in [1.807, 2.05) is 62.5 Å². The Bertz CT molecular complexity index is 1290. The third kappa shape index (κ3) is 6.65. The predicted molar refractivity (Wildman–Crippen MR) is 147 cm³/mol. The highest BCUT2D eigenvalue weighted by Gasteiger charge is 2.22. The molecule has 0 saturated heterocycles. The summed E-state index contributed by atoms with van der Waals surface area (Å²) in [7, 11) is 1.78. The fraction of sp³-hybridized carbons (Fsp3) is 0.259. The van der Waals surface area contributed by atoms with Gasteiger partial charge in [0.15, 0.2) is 5.13 Å². The average Bonchev–Trinajstić information content (AvgIpc) is 3.34. The molecule has 6 N–H and O–H groups in total. The lowest BCUT2D eigenvalue weighted by Crippen LogP contribution is -2.33. The molecule has 36 heavy (non-hydrogen) atoms. The molecule has 3 aromatic rings. The first-order valence-corrected chi connectivity index (χ1v) is 12.4. The number of amides is 2. The number of benzene rings is 2. The summed E-state index contributed by atoms with van der Waals surface area (Å²) in [5.74, 6) is -0.697. The fourth-order valence-electron chi connectivity index (χ4n) is 3.60. The summed E-state index contributed by atoms with van der Waals surface area (Å²) in [6.45, 7) is 6.34. The number of thiazole rings is 1. The molecule has 9 heteroatoms. The van der Waals surface area contributed by atoms with Gasteiger partial charge >= 0.3 is 0 Å². The minimum atomic E-state index is -0.369. The maximum atomic E-state index is 12.7. The molecule has 0 spiro atoms. The van der Waals surface area contributed by atoms with E-state index >= 15 is 0 Å². The number of nitrogens with zero attached hydrogens (tertiary/aromatic N) is 1. The fourth-order valence-corrected chi connectivity index (χ4v) is 4.34. The van der Waals surface area contributed by atoms with Crippen molar-refractivity contribution >= 4 is 34.0 Å². The second-order valence-electron chi connectivity index (χ2n) is 9.00. The van der Waals surface area contributed by atoms with Crippen molar-refractivity contribution in [2.24, 2.45) is 5.73 Å². The zero-order valence-corrected chi connectivity index (χ0v) is 21.8. The van der Waals surface area contributed by atoms with Crippen molar-refractivity contribution in [3.05, 3.63) is 82.4 Å². The van der Waals surface area contributed by atoms with Gasteiger partial charge in [0, 0.05) is 41.1 Å². The largest absolute Gasteiger partial charge is 0.394 e. The first-order chi connectivity index (χ1) is 17.1. The van der Waals surface area contributed by atoms with Crippen LogP contribution in [0.4, 0.5) is 5.13 Å². The Morgan fingerprint density at radius 2 is 1.94 bits per heavy atom. The lowest BCUT2D eigenvalue weighted by Gasteiger charge is -2.25. The van der Waals surface area contributed by atoms with E-state index in [1.54, 1.807) is 25.4 Å². The number of rotatable bonds is 10. The molecule has 0 unspecified atom stereocenters. The number of aromatic nitrogens is 1. The molecule has 8 nitrogen and oxygen atoms in total. The third-order valence-corrected chi connectivity index (χ3v) is 6.54. The lowest BCUT2D eigenvalue weighted by atomic mass is 9.81. The molecular weight excluding hydrogens is 472 g/mol. The Morgan fingerprint density at radius 3 is 2.67 bits per heavy atom. The van der Waals surface area contributed by atoms with E-state index in [2.05, 4.69) is 20.9 Å². The Morgan fingerprint density at radius 1 is 1.17 bits per heavy atom. The molecule has 0 aliphatic carbocycles. The molecule has 0 fully saturated rings. The molecule has 0 aliphatic heterocycles. The standard InChI is InChI=1S/C27H32N6O2S/c1-17-8-9-20(13-21(17)27(2,3)16-28)25(35)31-14-24(34)33-26-32-23(15-36-26)19-7-5-6-18(12-19)22(29)10-11-30-4/h5-13,15,29-30H,14,16,28H2,1-4H3,(H,31,35)(H,32,33,34)/b11-10-,29-22?. The number of carbonyl (C=O) groups excluding carboxylic acids is 2. The minimum absolute atomic E-state index is 0.179. The first-order valence-electron chi connectivity index (χ1n) is 11.5. The van der Waals surface area contributed by atoms with Gasteiger partial charge in [-0.25, -0.2) is 4.98 Å². The van der Waals surface area contributed by atoms with Crippen LogP contribution in [0.5, 0.6) is 0 Å². The average molecular weight is 505 g/mol. The van der Waals surface area contributed by atoms with Gasteiger partial charge in [-0.15, -0.1) is 11.3 Å². The van der Waals surface area contributed by atoms with Crippen molar-refractivity contribution in [3.63, 3.8) is 0 Å². The Hall–Kier alpha value is -3.82. The van der Waals surface area contributed by atoms with Crippen LogP contribution in [-0.4, -0.2) is 42.6 Å². The summed E-state index contributed by atoms with van der Waals surface area (Å²) in [4.78, 5) is 29.6. The molecule has 1 heterocycles. The van der Waals surface area contributed by atoms with Crippen LogP contribution in [0.2, 0.25) is 0 Å². The number of carbonyl (C=O) groups is 2. The Balaban J connectivity index is 1.61. The van der Waals surface area contributed by atoms with E-state index in [0.717, 1.165) is 22.3 Å². The van der Waals surface area contributed by atoms with Crippen molar-refractivity contribution in [1.29, 1.82) is 5.41 Å². The number of anilines is 1. The van der Waals surface area contributed by atoms with Crippen molar-refractivity contribution in [2.45, 2.75) is 26.2 Å². The number of nitrogens with one attached hydrogen (secondary N) is 4. The van der Waals surface area contributed by atoms with Gasteiger partial charge in [-0.3, -0.25) is 9.59 Å². The van der Waals surface area contributed by atoms with Crippen molar-refractivity contribution in [3.8, 4) is 11.3 Å². The van der Waals surface area contributed by atoms with Crippen LogP contribution in [0.15, 0.2) is 60.1 Å². The monoisotopic (exact) mass is 504 g/mol. The molecule has 1 aromatic heterocycles. The number of aryl methyl sites for hydroxylation is 1. The van der Waals surface area contributed by atoms with E-state index in [-0.39, 0.29) is 23.8 Å². The van der Waals surface area contributed by atoms with Gasteiger partial charge in [0.1, 0.15) is 0 Å². The van der Waals surface area contributed by atoms with E-state index in [1.165, 1.54) is 11.3 Å². The maximum Gasteiger partial charge on any atom is 0.251 e. The van der Waals surface area contributed by atoms with E-state index in [4.69, 9.17) is 11.1 Å². The highest BCUT2D eigenvalue weighted by molar-refractivity contribution is 7.14. The molecule has 188 valence electrons. The second kappa shape index (κ2) is 11.7. The number of allylic oxidation sites excluding steroid dienone is 1. The van der Waals surface area contributed by atoms with Gasteiger partial charge in [-0.1, -0.05) is 38.1 Å². The highest BCUT2D eigenvalue weighted by Crippen LogP contribution is 2.27. The lowest BCUT2D eigenvalue weighted by molar-refractivity contribution is -0.115. The normalized spacial score (nSPS) is 11.4. The minimum Gasteiger partial charge on any atom is -0.394 e. The van der Waals surface area contributed by atoms with E-state index in [9.17, 15) is 9.59 Å². The third-order valence-electron chi connectivity index (χ3n) is 5.79. The SMILES string of the molecule is CN/C=C\C(=N)c1cccc(-c2csc(NC(=O)CNC(=O)c3ccc(C)c(C(C)(C)CN)c3)n2)c1. The van der Waals surface area contributed by atoms with E-state index < -0.39 is 0 Å². The van der Waals surface area contributed by atoms with Gasteiger partial charge < -0.3 is 27.1 Å². The number of nitrogens with two attached hydrogens (primary N) is 1. The Kier molecular flexibility index (Phi) is 8.73. The Labute approximate surface area is 215 Å². The molecule has 2 aromatic carbocycles. The molecule has 0 atom stereocenters. The van der Waals surface area contributed by atoms with E-state index in [0.29, 0.717) is 28.6 Å². The van der Waals surface area contributed by atoms with Crippen LogP contribution >= 0.6 is 11.3 Å². The molecule has 0 radical (unpaired) electrons. The van der Waals surface area contributed by atoms with Gasteiger partial charge in [0.2, 0.25) is 5.91 Å². The molecule has 0 aliphatic rings. The smallest absolute Gasteiger partial charge is 0.251 e. The molecule has 0 bridgehead atoms. The quantitative estimate of drug-likeness (QED) is 0.268.